The van der Waals surface area contributed by atoms with Crippen molar-refractivity contribution >= 4 is 28.6 Å². The minimum Gasteiger partial charge on any atom is -0.487 e. The molecule has 1 unspecified atom stereocenters. The van der Waals surface area contributed by atoms with Crippen LogP contribution in [0, 0.1) is 5.82 Å². The maximum Gasteiger partial charge on any atom is 0.309 e. The molecule has 0 bridgehead atoms. The van der Waals surface area contributed by atoms with E-state index >= 15 is 0 Å². The van der Waals surface area contributed by atoms with Gasteiger partial charge in [0.05, 0.1) is 38.0 Å². The molecule has 6 aromatic rings. The van der Waals surface area contributed by atoms with Crippen LogP contribution in [0.5, 0.6) is 5.75 Å². The Hall–Kier alpha value is -4.92. The van der Waals surface area contributed by atoms with Crippen LogP contribution in [-0.4, -0.2) is 34.5 Å². The third-order valence-electron chi connectivity index (χ3n) is 9.15. The molecule has 1 aliphatic heterocycles. The fraction of sp³-hybridized carbons (Fsp3) is 0.238. The second-order valence-electron chi connectivity index (χ2n) is 12.6. The molecule has 2 aromatic heterocycles. The number of pyridine rings is 1. The molecule has 1 atom stereocenters. The smallest absolute Gasteiger partial charge is 0.309 e. The van der Waals surface area contributed by atoms with E-state index in [1.807, 2.05) is 78.6 Å². The fourth-order valence-corrected chi connectivity index (χ4v) is 7.96. The number of ether oxygens (including phenoxy) is 3. The summed E-state index contributed by atoms with van der Waals surface area (Å²) in [5.74, 6) is 0.358. The zero-order chi connectivity index (χ0) is 34.5. The topological polar surface area (TPSA) is 62.6 Å². The van der Waals surface area contributed by atoms with Gasteiger partial charge in [-0.3, -0.25) is 9.78 Å². The Balaban J connectivity index is 1.16. The Kier molecular flexibility index (Phi) is 10.3. The van der Waals surface area contributed by atoms with Crippen molar-refractivity contribution < 1.29 is 23.4 Å². The molecule has 0 saturated heterocycles. The molecule has 3 heterocycles. The average molecular weight is 687 g/mol. The second kappa shape index (κ2) is 15.3. The summed E-state index contributed by atoms with van der Waals surface area (Å²) in [6.45, 7) is 4.14. The molecule has 0 spiro atoms. The van der Waals surface area contributed by atoms with E-state index in [9.17, 15) is 9.18 Å². The Bertz CT molecular complexity index is 2100. The first kappa shape index (κ1) is 33.6. The van der Waals surface area contributed by atoms with Crippen molar-refractivity contribution in [2.75, 3.05) is 13.7 Å². The first-order valence-electron chi connectivity index (χ1n) is 16.9. The van der Waals surface area contributed by atoms with E-state index in [4.69, 9.17) is 19.2 Å². The summed E-state index contributed by atoms with van der Waals surface area (Å²) < 4.78 is 33.9. The third-order valence-corrected chi connectivity index (χ3v) is 10.4. The number of methoxy groups -OCH3 is 1. The van der Waals surface area contributed by atoms with Crippen LogP contribution < -0.4 is 4.74 Å². The van der Waals surface area contributed by atoms with Gasteiger partial charge in [0.15, 0.2) is 0 Å². The fourth-order valence-electron chi connectivity index (χ4n) is 6.62. The number of rotatable bonds is 13. The molecule has 6 nitrogen and oxygen atoms in total. The molecule has 7 rings (SSSR count). The Morgan fingerprint density at radius 2 is 1.68 bits per heavy atom. The minimum atomic E-state index is -0.274. The summed E-state index contributed by atoms with van der Waals surface area (Å²) in [6, 6.07) is 33.1. The van der Waals surface area contributed by atoms with Crippen LogP contribution in [-0.2, 0) is 53.3 Å². The maximum atomic E-state index is 13.9. The normalized spacial score (nSPS) is 13.8. The molecular weight excluding hydrogens is 648 g/mol. The predicted molar refractivity (Wildman–Crippen MR) is 196 cm³/mol. The number of aromatic nitrogens is 2. The van der Waals surface area contributed by atoms with Gasteiger partial charge in [-0.25, -0.2) is 4.39 Å². The first-order chi connectivity index (χ1) is 24.5. The standard InChI is InChI=1S/C42H39FN2O4S/c1-28-22-36-39(49-27-35-17-14-32(24-44-35)30-8-4-3-5-9-30)19-18-37-41(36)42(50-28)38(45(37)25-29-12-15-34(43)16-13-29)20-21-48-26-33-11-7-6-10-31(33)23-40(46)47-2/h3-19,24,28H,20-23,25-27H2,1-2H3. The van der Waals surface area contributed by atoms with Crippen LogP contribution in [0.4, 0.5) is 4.39 Å². The molecule has 4 aromatic carbocycles. The molecular formula is C42H39FN2O4S. The van der Waals surface area contributed by atoms with Gasteiger partial charge in [-0.05, 0) is 59.0 Å². The summed E-state index contributed by atoms with van der Waals surface area (Å²) in [6.07, 6.45) is 3.69. The van der Waals surface area contributed by atoms with Crippen molar-refractivity contribution in [3.05, 3.63) is 149 Å². The highest BCUT2D eigenvalue weighted by Crippen LogP contribution is 2.47. The van der Waals surface area contributed by atoms with Crippen molar-refractivity contribution in [3.63, 3.8) is 0 Å². The number of hydrogen-bond donors (Lipinski definition) is 0. The lowest BCUT2D eigenvalue weighted by molar-refractivity contribution is -0.139. The molecule has 0 aliphatic carbocycles. The highest BCUT2D eigenvalue weighted by molar-refractivity contribution is 8.00. The van der Waals surface area contributed by atoms with Crippen molar-refractivity contribution in [1.82, 2.24) is 9.55 Å². The van der Waals surface area contributed by atoms with E-state index in [0.29, 0.717) is 38.0 Å². The lowest BCUT2D eigenvalue weighted by atomic mass is 10.0. The van der Waals surface area contributed by atoms with Crippen LogP contribution in [0.15, 0.2) is 114 Å². The van der Waals surface area contributed by atoms with Gasteiger partial charge in [-0.1, -0.05) is 79.7 Å². The second-order valence-corrected chi connectivity index (χ2v) is 14.0. The van der Waals surface area contributed by atoms with Gasteiger partial charge in [0.25, 0.3) is 0 Å². The Labute approximate surface area is 296 Å². The molecule has 8 heteroatoms. The van der Waals surface area contributed by atoms with Crippen LogP contribution >= 0.6 is 11.8 Å². The largest absolute Gasteiger partial charge is 0.487 e. The molecule has 0 fully saturated rings. The molecule has 0 radical (unpaired) electrons. The zero-order valence-corrected chi connectivity index (χ0v) is 29.0. The van der Waals surface area contributed by atoms with E-state index in [-0.39, 0.29) is 18.2 Å². The molecule has 254 valence electrons. The molecule has 50 heavy (non-hydrogen) atoms. The quantitative estimate of drug-likeness (QED) is 0.0893. The lowest BCUT2D eigenvalue weighted by Gasteiger charge is -2.22. The molecule has 0 amide bonds. The van der Waals surface area contributed by atoms with E-state index < -0.39 is 0 Å². The SMILES string of the molecule is COC(=O)Cc1ccccc1COCCc1c2c3c(c(OCc4ccc(-c5ccccc5)cn4)ccc3n1Cc1ccc(F)cc1)CC(C)S2. The van der Waals surface area contributed by atoms with Gasteiger partial charge in [0.1, 0.15) is 18.2 Å². The van der Waals surface area contributed by atoms with E-state index in [1.165, 1.54) is 40.8 Å². The molecule has 1 aliphatic rings. The van der Waals surface area contributed by atoms with Gasteiger partial charge in [-0.2, -0.15) is 0 Å². The number of carbonyl (C=O) groups excluding carboxylic acids is 1. The van der Waals surface area contributed by atoms with Crippen LogP contribution in [0.3, 0.4) is 0 Å². The predicted octanol–water partition coefficient (Wildman–Crippen LogP) is 8.98. The third kappa shape index (κ3) is 7.47. The van der Waals surface area contributed by atoms with Crippen molar-refractivity contribution in [2.24, 2.45) is 0 Å². The van der Waals surface area contributed by atoms with Gasteiger partial charge >= 0.3 is 5.97 Å². The zero-order valence-electron chi connectivity index (χ0n) is 28.2. The summed E-state index contributed by atoms with van der Waals surface area (Å²) >= 11 is 1.90. The number of nitrogens with zero attached hydrogens (tertiary/aromatic N) is 2. The number of benzene rings is 4. The van der Waals surface area contributed by atoms with Gasteiger partial charge in [0.2, 0.25) is 0 Å². The summed E-state index contributed by atoms with van der Waals surface area (Å²) in [5, 5.41) is 1.57. The van der Waals surface area contributed by atoms with E-state index in [1.54, 1.807) is 0 Å². The van der Waals surface area contributed by atoms with Crippen molar-refractivity contribution in [2.45, 2.75) is 56.1 Å². The van der Waals surface area contributed by atoms with Crippen LogP contribution in [0.1, 0.15) is 40.6 Å². The summed E-state index contributed by atoms with van der Waals surface area (Å²) in [7, 11) is 1.40. The number of esters is 1. The van der Waals surface area contributed by atoms with E-state index in [2.05, 4.69) is 41.8 Å². The summed E-state index contributed by atoms with van der Waals surface area (Å²) in [5.41, 5.74) is 9.53. The first-order valence-corrected chi connectivity index (χ1v) is 17.8. The van der Waals surface area contributed by atoms with Gasteiger partial charge in [0, 0.05) is 51.5 Å². The number of thioether (sulfide) groups is 1. The lowest BCUT2D eigenvalue weighted by Crippen LogP contribution is -2.11. The Morgan fingerprint density at radius 1 is 0.900 bits per heavy atom. The van der Waals surface area contributed by atoms with Crippen LogP contribution in [0.2, 0.25) is 0 Å². The van der Waals surface area contributed by atoms with Crippen molar-refractivity contribution in [1.29, 1.82) is 0 Å². The Morgan fingerprint density at radius 3 is 2.44 bits per heavy atom. The van der Waals surface area contributed by atoms with Gasteiger partial charge in [-0.15, -0.1) is 11.8 Å². The summed E-state index contributed by atoms with van der Waals surface area (Å²) in [4.78, 5) is 17.9. The van der Waals surface area contributed by atoms with Crippen molar-refractivity contribution in [3.8, 4) is 16.9 Å². The number of hydrogen-bond acceptors (Lipinski definition) is 6. The minimum absolute atomic E-state index is 0.211. The average Bonchev–Trinajstić information content (AvgIpc) is 3.43. The van der Waals surface area contributed by atoms with Gasteiger partial charge < -0.3 is 18.8 Å². The highest BCUT2D eigenvalue weighted by atomic mass is 32.2. The maximum absolute atomic E-state index is 13.9. The molecule has 0 saturated carbocycles. The monoisotopic (exact) mass is 686 g/mol. The van der Waals surface area contributed by atoms with E-state index in [0.717, 1.165) is 51.2 Å². The number of halogens is 1. The molecule has 0 N–H and O–H groups in total. The van der Waals surface area contributed by atoms with Crippen LogP contribution in [0.25, 0.3) is 22.0 Å². The highest BCUT2D eigenvalue weighted by Gasteiger charge is 2.29. The number of carbonyl (C=O) groups is 1.